The predicted octanol–water partition coefficient (Wildman–Crippen LogP) is 1.71. The molecular weight excluding hydrogens is 244 g/mol. The van der Waals surface area contributed by atoms with E-state index in [-0.39, 0.29) is 18.1 Å². The molecule has 1 aliphatic heterocycles. The van der Waals surface area contributed by atoms with E-state index in [1.54, 1.807) is 0 Å². The van der Waals surface area contributed by atoms with Crippen LogP contribution in [0.15, 0.2) is 24.3 Å². The first kappa shape index (κ1) is 13.8. The molecule has 0 saturated carbocycles. The van der Waals surface area contributed by atoms with Crippen LogP contribution in [-0.2, 0) is 4.79 Å². The van der Waals surface area contributed by atoms with Crippen LogP contribution in [0.4, 0.5) is 0 Å². The number of hydrogen-bond donors (Lipinski definition) is 3. The lowest BCUT2D eigenvalue weighted by Gasteiger charge is -2.17. The van der Waals surface area contributed by atoms with Gasteiger partial charge in [0.2, 0.25) is 0 Å². The summed E-state index contributed by atoms with van der Waals surface area (Å²) >= 11 is 0. The first-order chi connectivity index (χ1) is 8.99. The van der Waals surface area contributed by atoms with Gasteiger partial charge in [-0.15, -0.1) is 0 Å². The number of ether oxygens (including phenoxy) is 1. The second-order valence-electron chi connectivity index (χ2n) is 5.18. The van der Waals surface area contributed by atoms with Crippen LogP contribution in [0.25, 0.3) is 0 Å². The van der Waals surface area contributed by atoms with Crippen LogP contribution >= 0.6 is 0 Å². The Balaban J connectivity index is 2.09. The highest BCUT2D eigenvalue weighted by Crippen LogP contribution is 2.29. The average molecular weight is 264 g/mol. The summed E-state index contributed by atoms with van der Waals surface area (Å²) in [5.41, 5.74) is 6.92. The van der Waals surface area contributed by atoms with Crippen molar-refractivity contribution < 1.29 is 14.6 Å². The molecule has 2 rings (SSSR count). The number of carboxylic acids is 1. The first-order valence-corrected chi connectivity index (χ1v) is 6.49. The third kappa shape index (κ3) is 3.05. The average Bonchev–Trinajstić information content (AvgIpc) is 2.71. The molecule has 1 heterocycles. The summed E-state index contributed by atoms with van der Waals surface area (Å²) in [5.74, 6) is -0.0243. The summed E-state index contributed by atoms with van der Waals surface area (Å²) in [6.45, 7) is 5.89. The third-order valence-electron chi connectivity index (χ3n) is 3.32. The van der Waals surface area contributed by atoms with Crippen LogP contribution in [0.2, 0.25) is 0 Å². The molecule has 1 fully saturated rings. The van der Waals surface area contributed by atoms with E-state index in [1.165, 1.54) is 0 Å². The smallest absolute Gasteiger partial charge is 0.322 e. The van der Waals surface area contributed by atoms with Gasteiger partial charge in [0.1, 0.15) is 11.8 Å². The Morgan fingerprint density at radius 1 is 1.26 bits per heavy atom. The van der Waals surface area contributed by atoms with E-state index in [0.717, 1.165) is 11.3 Å². The van der Waals surface area contributed by atoms with Gasteiger partial charge < -0.3 is 9.84 Å². The minimum Gasteiger partial charge on any atom is -0.491 e. The van der Waals surface area contributed by atoms with E-state index < -0.39 is 12.0 Å². The Morgan fingerprint density at radius 2 is 1.89 bits per heavy atom. The van der Waals surface area contributed by atoms with Gasteiger partial charge >= 0.3 is 5.97 Å². The zero-order valence-corrected chi connectivity index (χ0v) is 11.4. The molecule has 3 N–H and O–H groups in total. The summed E-state index contributed by atoms with van der Waals surface area (Å²) in [6.07, 6.45) is 0.146. The predicted molar refractivity (Wildman–Crippen MR) is 71.8 cm³/mol. The number of carboxylic acid groups (broad SMARTS) is 1. The maximum absolute atomic E-state index is 11.0. The van der Waals surface area contributed by atoms with Gasteiger partial charge in [-0.25, -0.2) is 10.9 Å². The molecule has 5 heteroatoms. The minimum atomic E-state index is -0.831. The van der Waals surface area contributed by atoms with Crippen molar-refractivity contribution in [2.75, 3.05) is 0 Å². The van der Waals surface area contributed by atoms with Gasteiger partial charge in [0, 0.05) is 5.92 Å². The number of hydrazine groups is 1. The van der Waals surface area contributed by atoms with Gasteiger partial charge in [-0.3, -0.25) is 4.79 Å². The Hall–Kier alpha value is -1.59. The molecular formula is C14H20N2O3. The minimum absolute atomic E-state index is 0.00537. The van der Waals surface area contributed by atoms with Crippen LogP contribution in [-0.4, -0.2) is 23.2 Å². The van der Waals surface area contributed by atoms with Crippen LogP contribution < -0.4 is 15.6 Å². The lowest BCUT2D eigenvalue weighted by atomic mass is 9.91. The summed E-state index contributed by atoms with van der Waals surface area (Å²) in [6, 6.07) is 7.20. The number of hydrogen-bond acceptors (Lipinski definition) is 4. The molecule has 3 unspecified atom stereocenters. The molecule has 1 aromatic rings. The molecule has 19 heavy (non-hydrogen) atoms. The van der Waals surface area contributed by atoms with Gasteiger partial charge in [-0.1, -0.05) is 19.1 Å². The SMILES string of the molecule is CC(C)Oc1ccc(C2NNC(C(=O)O)C2C)cc1. The van der Waals surface area contributed by atoms with Crippen molar-refractivity contribution in [2.24, 2.45) is 5.92 Å². The van der Waals surface area contributed by atoms with Crippen molar-refractivity contribution in [1.29, 1.82) is 0 Å². The van der Waals surface area contributed by atoms with Crippen molar-refractivity contribution in [3.05, 3.63) is 29.8 Å². The Bertz CT molecular complexity index is 445. The van der Waals surface area contributed by atoms with Crippen LogP contribution in [0.3, 0.4) is 0 Å². The highest BCUT2D eigenvalue weighted by atomic mass is 16.5. The Kier molecular flexibility index (Phi) is 4.07. The molecule has 104 valence electrons. The highest BCUT2D eigenvalue weighted by molar-refractivity contribution is 5.74. The summed E-state index contributed by atoms with van der Waals surface area (Å²) in [5, 5.41) is 9.07. The van der Waals surface area contributed by atoms with Gasteiger partial charge in [-0.05, 0) is 31.5 Å². The molecule has 0 spiro atoms. The summed E-state index contributed by atoms with van der Waals surface area (Å²) in [7, 11) is 0. The maximum atomic E-state index is 11.0. The fraction of sp³-hybridized carbons (Fsp3) is 0.500. The number of benzene rings is 1. The Morgan fingerprint density at radius 3 is 2.37 bits per heavy atom. The van der Waals surface area contributed by atoms with E-state index in [1.807, 2.05) is 45.0 Å². The number of nitrogens with one attached hydrogen (secondary N) is 2. The van der Waals surface area contributed by atoms with Gasteiger partial charge in [0.25, 0.3) is 0 Å². The molecule has 0 aliphatic carbocycles. The molecule has 1 aromatic carbocycles. The second kappa shape index (κ2) is 5.59. The van der Waals surface area contributed by atoms with Crippen LogP contribution in [0.5, 0.6) is 5.75 Å². The van der Waals surface area contributed by atoms with E-state index in [2.05, 4.69) is 10.9 Å². The van der Waals surface area contributed by atoms with E-state index >= 15 is 0 Å². The van der Waals surface area contributed by atoms with Gasteiger partial charge in [0.15, 0.2) is 0 Å². The lowest BCUT2D eigenvalue weighted by molar-refractivity contribution is -0.140. The van der Waals surface area contributed by atoms with Crippen molar-refractivity contribution in [3.63, 3.8) is 0 Å². The van der Waals surface area contributed by atoms with Crippen LogP contribution in [0.1, 0.15) is 32.4 Å². The zero-order chi connectivity index (χ0) is 14.0. The standard InChI is InChI=1S/C14H20N2O3/c1-8(2)19-11-6-4-10(5-7-11)12-9(3)13(14(17)18)16-15-12/h4-9,12-13,15-16H,1-3H3,(H,17,18). The number of aliphatic carboxylic acids is 1. The molecule has 0 radical (unpaired) electrons. The molecule has 1 aliphatic rings. The molecule has 0 aromatic heterocycles. The molecule has 0 amide bonds. The summed E-state index contributed by atoms with van der Waals surface area (Å²) in [4.78, 5) is 11.0. The number of rotatable bonds is 4. The number of carbonyl (C=O) groups is 1. The zero-order valence-electron chi connectivity index (χ0n) is 11.4. The molecule has 1 saturated heterocycles. The monoisotopic (exact) mass is 264 g/mol. The highest BCUT2D eigenvalue weighted by Gasteiger charge is 2.37. The molecule has 3 atom stereocenters. The van der Waals surface area contributed by atoms with Crippen molar-refractivity contribution in [3.8, 4) is 5.75 Å². The normalized spacial score (nSPS) is 26.6. The van der Waals surface area contributed by atoms with Crippen molar-refractivity contribution >= 4 is 5.97 Å². The van der Waals surface area contributed by atoms with Crippen LogP contribution in [0, 0.1) is 5.92 Å². The first-order valence-electron chi connectivity index (χ1n) is 6.49. The lowest BCUT2D eigenvalue weighted by Crippen LogP contribution is -2.37. The second-order valence-corrected chi connectivity index (χ2v) is 5.18. The maximum Gasteiger partial charge on any atom is 0.322 e. The third-order valence-corrected chi connectivity index (χ3v) is 3.32. The van der Waals surface area contributed by atoms with Crippen molar-refractivity contribution in [2.45, 2.75) is 39.0 Å². The van der Waals surface area contributed by atoms with E-state index in [4.69, 9.17) is 9.84 Å². The van der Waals surface area contributed by atoms with E-state index in [0.29, 0.717) is 0 Å². The largest absolute Gasteiger partial charge is 0.491 e. The Labute approximate surface area is 112 Å². The molecule has 0 bridgehead atoms. The van der Waals surface area contributed by atoms with Gasteiger partial charge in [0.05, 0.1) is 12.1 Å². The fourth-order valence-corrected chi connectivity index (χ4v) is 2.33. The van der Waals surface area contributed by atoms with Crippen molar-refractivity contribution in [1.82, 2.24) is 10.9 Å². The topological polar surface area (TPSA) is 70.6 Å². The van der Waals surface area contributed by atoms with E-state index in [9.17, 15) is 4.79 Å². The summed E-state index contributed by atoms with van der Waals surface area (Å²) < 4.78 is 5.59. The molecule has 5 nitrogen and oxygen atoms in total. The quantitative estimate of drug-likeness (QED) is 0.772. The fourth-order valence-electron chi connectivity index (χ4n) is 2.33. The van der Waals surface area contributed by atoms with Gasteiger partial charge in [-0.2, -0.15) is 0 Å².